The average molecular weight is 329 g/mol. The van der Waals surface area contributed by atoms with E-state index >= 15 is 0 Å². The first-order valence-corrected chi connectivity index (χ1v) is 6.65. The van der Waals surface area contributed by atoms with Crippen LogP contribution < -0.4 is 10.6 Å². The molecule has 0 unspecified atom stereocenters. The molecule has 0 bridgehead atoms. The minimum atomic E-state index is -4.46. The minimum absolute atomic E-state index is 0.0389. The zero-order valence-electron chi connectivity index (χ0n) is 11.5. The van der Waals surface area contributed by atoms with Crippen LogP contribution in [0.5, 0.6) is 0 Å². The molecule has 0 aliphatic heterocycles. The number of rotatable bonds is 2. The van der Waals surface area contributed by atoms with Crippen molar-refractivity contribution in [2.45, 2.75) is 13.1 Å². The van der Waals surface area contributed by atoms with Crippen LogP contribution in [0, 0.1) is 6.92 Å². The molecule has 0 aromatic heterocycles. The van der Waals surface area contributed by atoms with Crippen LogP contribution in [0.3, 0.4) is 0 Å². The molecule has 3 nitrogen and oxygen atoms in total. The highest BCUT2D eigenvalue weighted by Crippen LogP contribution is 2.31. The largest absolute Gasteiger partial charge is 0.416 e. The van der Waals surface area contributed by atoms with Gasteiger partial charge in [0.2, 0.25) is 0 Å². The van der Waals surface area contributed by atoms with Crippen LogP contribution in [0.25, 0.3) is 0 Å². The number of amides is 2. The summed E-state index contributed by atoms with van der Waals surface area (Å²) in [4.78, 5) is 11.9. The normalized spacial score (nSPS) is 11.1. The van der Waals surface area contributed by atoms with Crippen molar-refractivity contribution in [1.29, 1.82) is 0 Å². The van der Waals surface area contributed by atoms with Gasteiger partial charge in [-0.25, -0.2) is 4.79 Å². The van der Waals surface area contributed by atoms with Crippen LogP contribution in [-0.4, -0.2) is 6.03 Å². The fraction of sp³-hybridized carbons (Fsp3) is 0.133. The van der Waals surface area contributed by atoms with E-state index in [0.717, 1.165) is 17.7 Å². The highest BCUT2D eigenvalue weighted by molar-refractivity contribution is 6.34. The third-order valence-electron chi connectivity index (χ3n) is 2.91. The Morgan fingerprint density at radius 2 is 1.77 bits per heavy atom. The van der Waals surface area contributed by atoms with Gasteiger partial charge in [-0.05, 0) is 36.8 Å². The Labute approximate surface area is 130 Å². The molecule has 0 atom stereocenters. The van der Waals surface area contributed by atoms with Crippen molar-refractivity contribution in [2.75, 3.05) is 10.6 Å². The van der Waals surface area contributed by atoms with E-state index in [9.17, 15) is 18.0 Å². The Hall–Kier alpha value is -2.21. The van der Waals surface area contributed by atoms with Crippen molar-refractivity contribution in [2.24, 2.45) is 0 Å². The number of urea groups is 1. The molecule has 22 heavy (non-hydrogen) atoms. The van der Waals surface area contributed by atoms with E-state index in [0.29, 0.717) is 10.7 Å². The number of hydrogen-bond acceptors (Lipinski definition) is 1. The molecule has 2 aromatic rings. The molecule has 0 heterocycles. The Kier molecular flexibility index (Phi) is 4.61. The fourth-order valence-corrected chi connectivity index (χ4v) is 2.11. The first-order chi connectivity index (χ1) is 10.3. The Bertz CT molecular complexity index is 681. The van der Waals surface area contributed by atoms with E-state index in [1.165, 1.54) is 12.1 Å². The first kappa shape index (κ1) is 16.2. The molecular weight excluding hydrogens is 317 g/mol. The molecule has 2 amide bonds. The lowest BCUT2D eigenvalue weighted by atomic mass is 10.2. The van der Waals surface area contributed by atoms with Crippen LogP contribution in [0.4, 0.5) is 29.3 Å². The Morgan fingerprint density at radius 1 is 1.09 bits per heavy atom. The van der Waals surface area contributed by atoms with Crippen molar-refractivity contribution >= 4 is 29.0 Å². The number of halogens is 4. The first-order valence-electron chi connectivity index (χ1n) is 6.28. The van der Waals surface area contributed by atoms with Crippen molar-refractivity contribution in [3.63, 3.8) is 0 Å². The molecule has 7 heteroatoms. The number of hydrogen-bond donors (Lipinski definition) is 2. The van der Waals surface area contributed by atoms with Gasteiger partial charge in [-0.1, -0.05) is 29.8 Å². The molecule has 0 aliphatic rings. The number of carbonyl (C=O) groups is 1. The maximum atomic E-state index is 12.6. The number of nitrogens with one attached hydrogen (secondary N) is 2. The van der Waals surface area contributed by atoms with Gasteiger partial charge in [0.15, 0.2) is 0 Å². The van der Waals surface area contributed by atoms with E-state index in [2.05, 4.69) is 10.6 Å². The van der Waals surface area contributed by atoms with Gasteiger partial charge in [0.25, 0.3) is 0 Å². The second-order valence-corrected chi connectivity index (χ2v) is 5.00. The van der Waals surface area contributed by atoms with Crippen molar-refractivity contribution in [1.82, 2.24) is 0 Å². The van der Waals surface area contributed by atoms with Crippen molar-refractivity contribution < 1.29 is 18.0 Å². The monoisotopic (exact) mass is 328 g/mol. The minimum Gasteiger partial charge on any atom is -0.308 e. The lowest BCUT2D eigenvalue weighted by Gasteiger charge is -2.12. The summed E-state index contributed by atoms with van der Waals surface area (Å²) in [5, 5.41) is 5.22. The van der Waals surface area contributed by atoms with Crippen LogP contribution in [-0.2, 0) is 6.18 Å². The van der Waals surface area contributed by atoms with Gasteiger partial charge in [0, 0.05) is 5.69 Å². The number of aryl methyl sites for hydroxylation is 1. The second-order valence-electron chi connectivity index (χ2n) is 4.59. The summed E-state index contributed by atoms with van der Waals surface area (Å²) in [6.07, 6.45) is -4.46. The summed E-state index contributed by atoms with van der Waals surface area (Å²) < 4.78 is 37.8. The lowest BCUT2D eigenvalue weighted by Crippen LogP contribution is -2.20. The van der Waals surface area contributed by atoms with E-state index in [-0.39, 0.29) is 5.69 Å². The summed E-state index contributed by atoms with van der Waals surface area (Å²) >= 11 is 5.97. The van der Waals surface area contributed by atoms with Crippen molar-refractivity contribution in [3.8, 4) is 0 Å². The van der Waals surface area contributed by atoms with E-state index < -0.39 is 17.8 Å². The third-order valence-corrected chi connectivity index (χ3v) is 3.22. The van der Waals surface area contributed by atoms with Crippen LogP contribution in [0.15, 0.2) is 42.5 Å². The number of para-hydroxylation sites is 1. The lowest BCUT2D eigenvalue weighted by molar-refractivity contribution is -0.137. The molecule has 2 rings (SSSR count). The van der Waals surface area contributed by atoms with Crippen LogP contribution >= 0.6 is 11.6 Å². The van der Waals surface area contributed by atoms with Gasteiger partial charge in [-0.3, -0.25) is 0 Å². The molecule has 0 radical (unpaired) electrons. The fourth-order valence-electron chi connectivity index (χ4n) is 1.84. The molecular formula is C15H12ClF3N2O. The molecule has 0 spiro atoms. The molecule has 0 aliphatic carbocycles. The SMILES string of the molecule is Cc1cccc(Cl)c1NC(=O)Nc1cccc(C(F)(F)F)c1. The summed E-state index contributed by atoms with van der Waals surface area (Å²) in [7, 11) is 0. The van der Waals surface area contributed by atoms with Gasteiger partial charge in [-0.2, -0.15) is 13.2 Å². The number of benzene rings is 2. The second kappa shape index (κ2) is 6.27. The smallest absolute Gasteiger partial charge is 0.308 e. The molecule has 116 valence electrons. The number of alkyl halides is 3. The zero-order valence-corrected chi connectivity index (χ0v) is 12.2. The van der Waals surface area contributed by atoms with E-state index in [1.807, 2.05) is 0 Å². The van der Waals surface area contributed by atoms with E-state index in [1.54, 1.807) is 25.1 Å². The zero-order chi connectivity index (χ0) is 16.3. The molecule has 2 N–H and O–H groups in total. The predicted molar refractivity (Wildman–Crippen MR) is 80.3 cm³/mol. The molecule has 2 aromatic carbocycles. The van der Waals surface area contributed by atoms with Gasteiger partial charge in [0.05, 0.1) is 16.3 Å². The van der Waals surface area contributed by atoms with Gasteiger partial charge in [0.1, 0.15) is 0 Å². The predicted octanol–water partition coefficient (Wildman–Crippen LogP) is 5.31. The quantitative estimate of drug-likeness (QED) is 0.770. The summed E-state index contributed by atoms with van der Waals surface area (Å²) in [6, 6.07) is 8.80. The summed E-state index contributed by atoms with van der Waals surface area (Å²) in [5.41, 5.74) is 0.358. The summed E-state index contributed by atoms with van der Waals surface area (Å²) in [6.45, 7) is 1.76. The molecule has 0 fully saturated rings. The van der Waals surface area contributed by atoms with Crippen LogP contribution in [0.2, 0.25) is 5.02 Å². The topological polar surface area (TPSA) is 41.1 Å². The Balaban J connectivity index is 2.13. The maximum absolute atomic E-state index is 12.6. The van der Waals surface area contributed by atoms with E-state index in [4.69, 9.17) is 11.6 Å². The summed E-state index contributed by atoms with van der Waals surface area (Å²) in [5.74, 6) is 0. The van der Waals surface area contributed by atoms with Gasteiger partial charge < -0.3 is 10.6 Å². The third kappa shape index (κ3) is 3.92. The highest BCUT2D eigenvalue weighted by atomic mass is 35.5. The molecule has 0 saturated heterocycles. The maximum Gasteiger partial charge on any atom is 0.416 e. The van der Waals surface area contributed by atoms with Crippen LogP contribution in [0.1, 0.15) is 11.1 Å². The number of carbonyl (C=O) groups excluding carboxylic acids is 1. The van der Waals surface area contributed by atoms with Gasteiger partial charge in [-0.15, -0.1) is 0 Å². The standard InChI is InChI=1S/C15H12ClF3N2O/c1-9-4-2-7-12(16)13(9)21-14(22)20-11-6-3-5-10(8-11)15(17,18)19/h2-8H,1H3,(H2,20,21,22). The highest BCUT2D eigenvalue weighted by Gasteiger charge is 2.30. The average Bonchev–Trinajstić information content (AvgIpc) is 2.42. The number of anilines is 2. The Morgan fingerprint density at radius 3 is 2.41 bits per heavy atom. The van der Waals surface area contributed by atoms with Gasteiger partial charge >= 0.3 is 12.2 Å². The molecule has 0 saturated carbocycles. The van der Waals surface area contributed by atoms with Crippen molar-refractivity contribution in [3.05, 3.63) is 58.6 Å².